The van der Waals surface area contributed by atoms with Crippen molar-refractivity contribution < 1.29 is 41.7 Å². The summed E-state index contributed by atoms with van der Waals surface area (Å²) >= 11 is 0. The number of rotatable bonds is 6. The number of alkyl halides is 3. The molecule has 10 heteroatoms. The first-order valence-electron chi connectivity index (χ1n) is 11.2. The second-order valence-electron chi connectivity index (χ2n) is 8.28. The Labute approximate surface area is 208 Å². The highest BCUT2D eigenvalue weighted by atomic mass is 19.4. The number of nitrogens with zero attached hydrogens (tertiary/aromatic N) is 1. The molecule has 5 rings (SSSR count). The largest absolute Gasteiger partial charge is 0.508 e. The molecule has 1 aliphatic heterocycles. The predicted octanol–water partition coefficient (Wildman–Crippen LogP) is 5.75. The van der Waals surface area contributed by atoms with Crippen LogP contribution in [0.3, 0.4) is 0 Å². The van der Waals surface area contributed by atoms with Crippen LogP contribution in [0.5, 0.6) is 11.5 Å². The van der Waals surface area contributed by atoms with Crippen LogP contribution in [0, 0.1) is 5.82 Å². The number of benzene rings is 3. The van der Waals surface area contributed by atoms with Gasteiger partial charge in [-0.1, -0.05) is 6.07 Å². The minimum Gasteiger partial charge on any atom is -0.508 e. The summed E-state index contributed by atoms with van der Waals surface area (Å²) in [4.78, 5) is 17.9. The molecule has 6 nitrogen and oxygen atoms in total. The lowest BCUT2D eigenvalue weighted by atomic mass is 9.91. The standard InChI is InChI=1S/C27H19F4NO5/c28-22-11-16(27(29,30)31)3-7-19(22)21-13-32-23-12-17(33)4-8-20(23)25(21)26(34)15-1-5-18(6-2-15)37-14-24-35-9-10-36-24/h1-8,11-13,24,33H,9-10,14H2. The maximum atomic E-state index is 14.9. The molecule has 0 bridgehead atoms. The van der Waals surface area contributed by atoms with Gasteiger partial charge in [-0.3, -0.25) is 9.78 Å². The number of pyridine rings is 1. The summed E-state index contributed by atoms with van der Waals surface area (Å²) in [7, 11) is 0. The number of aromatic nitrogens is 1. The molecule has 0 unspecified atom stereocenters. The van der Waals surface area contributed by atoms with Crippen molar-refractivity contribution in [3.8, 4) is 22.6 Å². The average Bonchev–Trinajstić information content (AvgIpc) is 3.40. The zero-order chi connectivity index (χ0) is 26.2. The smallest absolute Gasteiger partial charge is 0.416 e. The van der Waals surface area contributed by atoms with Crippen molar-refractivity contribution in [2.75, 3.05) is 19.8 Å². The van der Waals surface area contributed by atoms with Crippen LogP contribution in [-0.4, -0.2) is 42.0 Å². The Hall–Kier alpha value is -4.02. The summed E-state index contributed by atoms with van der Waals surface area (Å²) in [6, 6.07) is 12.4. The topological polar surface area (TPSA) is 77.9 Å². The van der Waals surface area contributed by atoms with Crippen molar-refractivity contribution in [2.45, 2.75) is 12.5 Å². The van der Waals surface area contributed by atoms with Crippen molar-refractivity contribution in [2.24, 2.45) is 0 Å². The first kappa shape index (κ1) is 24.7. The highest BCUT2D eigenvalue weighted by Gasteiger charge is 2.32. The van der Waals surface area contributed by atoms with E-state index in [1.54, 1.807) is 12.1 Å². The fraction of sp³-hybridized carbons (Fsp3) is 0.185. The minimum atomic E-state index is -4.73. The molecule has 0 aliphatic carbocycles. The summed E-state index contributed by atoms with van der Waals surface area (Å²) < 4.78 is 70.4. The molecule has 190 valence electrons. The molecular formula is C27H19F4NO5. The maximum absolute atomic E-state index is 14.9. The molecule has 0 amide bonds. The van der Waals surface area contributed by atoms with E-state index in [4.69, 9.17) is 14.2 Å². The number of carbonyl (C=O) groups is 1. The molecule has 1 N–H and O–H groups in total. The lowest BCUT2D eigenvalue weighted by Gasteiger charge is -2.15. The summed E-state index contributed by atoms with van der Waals surface area (Å²) in [5.41, 5.74) is -0.819. The van der Waals surface area contributed by atoms with Crippen LogP contribution < -0.4 is 4.74 Å². The summed E-state index contributed by atoms with van der Waals surface area (Å²) in [6.45, 7) is 1.14. The number of hydrogen-bond acceptors (Lipinski definition) is 6. The summed E-state index contributed by atoms with van der Waals surface area (Å²) in [6.07, 6.45) is -3.99. The Morgan fingerprint density at radius 3 is 2.41 bits per heavy atom. The van der Waals surface area contributed by atoms with E-state index in [0.717, 1.165) is 12.1 Å². The van der Waals surface area contributed by atoms with Crippen molar-refractivity contribution in [1.29, 1.82) is 0 Å². The Morgan fingerprint density at radius 2 is 1.73 bits per heavy atom. The number of carbonyl (C=O) groups excluding carboxylic acids is 1. The van der Waals surface area contributed by atoms with E-state index in [1.165, 1.54) is 36.5 Å². The molecule has 1 saturated heterocycles. The van der Waals surface area contributed by atoms with Crippen LogP contribution in [0.1, 0.15) is 21.5 Å². The van der Waals surface area contributed by atoms with E-state index in [0.29, 0.717) is 30.4 Å². The first-order valence-corrected chi connectivity index (χ1v) is 11.2. The van der Waals surface area contributed by atoms with Gasteiger partial charge in [-0.2, -0.15) is 13.2 Å². The van der Waals surface area contributed by atoms with Crippen LogP contribution >= 0.6 is 0 Å². The number of ether oxygens (including phenoxy) is 3. The van der Waals surface area contributed by atoms with Gasteiger partial charge < -0.3 is 19.3 Å². The summed E-state index contributed by atoms with van der Waals surface area (Å²) in [5, 5.41) is 10.2. The van der Waals surface area contributed by atoms with Crippen molar-refractivity contribution >= 4 is 16.7 Å². The monoisotopic (exact) mass is 513 g/mol. The molecule has 1 aliphatic rings. The quantitative estimate of drug-likeness (QED) is 0.261. The second kappa shape index (κ2) is 9.79. The number of hydrogen-bond donors (Lipinski definition) is 1. The zero-order valence-electron chi connectivity index (χ0n) is 19.1. The van der Waals surface area contributed by atoms with Gasteiger partial charge in [0.15, 0.2) is 12.1 Å². The Bertz CT molecular complexity index is 1460. The van der Waals surface area contributed by atoms with Gasteiger partial charge in [0, 0.05) is 39.9 Å². The van der Waals surface area contributed by atoms with Gasteiger partial charge in [-0.25, -0.2) is 4.39 Å². The van der Waals surface area contributed by atoms with E-state index in [1.807, 2.05) is 0 Å². The third kappa shape index (κ3) is 5.11. The Morgan fingerprint density at radius 1 is 1.00 bits per heavy atom. The highest BCUT2D eigenvalue weighted by molar-refractivity contribution is 6.19. The van der Waals surface area contributed by atoms with Crippen LogP contribution in [0.4, 0.5) is 17.6 Å². The molecule has 4 aromatic rings. The maximum Gasteiger partial charge on any atom is 0.416 e. The van der Waals surface area contributed by atoms with Crippen LogP contribution in [0.15, 0.2) is 66.9 Å². The predicted molar refractivity (Wildman–Crippen MR) is 125 cm³/mol. The van der Waals surface area contributed by atoms with E-state index in [9.17, 15) is 27.5 Å². The van der Waals surface area contributed by atoms with Crippen LogP contribution in [0.2, 0.25) is 0 Å². The number of phenolic OH excluding ortho intramolecular Hbond substituents is 1. The third-order valence-electron chi connectivity index (χ3n) is 5.86. The molecule has 0 saturated carbocycles. The molecule has 1 aromatic heterocycles. The Balaban J connectivity index is 1.54. The molecule has 37 heavy (non-hydrogen) atoms. The Kier molecular flexibility index (Phi) is 6.53. The highest BCUT2D eigenvalue weighted by Crippen LogP contribution is 2.36. The van der Waals surface area contributed by atoms with Gasteiger partial charge in [-0.05, 0) is 48.5 Å². The molecule has 1 fully saturated rings. The molecule has 3 aromatic carbocycles. The molecular weight excluding hydrogens is 494 g/mol. The number of ketones is 1. The van der Waals surface area contributed by atoms with Gasteiger partial charge in [0.05, 0.1) is 24.3 Å². The van der Waals surface area contributed by atoms with Crippen molar-refractivity contribution in [1.82, 2.24) is 4.98 Å². The van der Waals surface area contributed by atoms with E-state index >= 15 is 0 Å². The zero-order valence-corrected chi connectivity index (χ0v) is 19.1. The van der Waals surface area contributed by atoms with Crippen molar-refractivity contribution in [3.63, 3.8) is 0 Å². The van der Waals surface area contributed by atoms with Crippen molar-refractivity contribution in [3.05, 3.63) is 89.4 Å². The summed E-state index contributed by atoms with van der Waals surface area (Å²) in [5.74, 6) is -1.29. The van der Waals surface area contributed by atoms with Gasteiger partial charge in [0.1, 0.15) is 23.9 Å². The second-order valence-corrected chi connectivity index (χ2v) is 8.28. The normalized spacial score (nSPS) is 14.3. The minimum absolute atomic E-state index is 0.0188. The van der Waals surface area contributed by atoms with E-state index in [-0.39, 0.29) is 40.1 Å². The number of phenols is 1. The van der Waals surface area contributed by atoms with Gasteiger partial charge >= 0.3 is 6.18 Å². The van der Waals surface area contributed by atoms with Gasteiger partial charge in [-0.15, -0.1) is 0 Å². The van der Waals surface area contributed by atoms with E-state index in [2.05, 4.69) is 4.98 Å². The SMILES string of the molecule is O=C(c1ccc(OCC2OCCO2)cc1)c1c(-c2ccc(C(F)(F)F)cc2F)cnc2cc(O)ccc12. The number of fused-ring (bicyclic) bond motifs is 1. The molecule has 0 atom stereocenters. The fourth-order valence-electron chi connectivity index (χ4n) is 4.06. The van der Waals surface area contributed by atoms with Crippen LogP contribution in [0.25, 0.3) is 22.0 Å². The lowest BCUT2D eigenvalue weighted by molar-refractivity contribution is -0.137. The van der Waals surface area contributed by atoms with Gasteiger partial charge in [0.2, 0.25) is 0 Å². The molecule has 2 heterocycles. The first-order chi connectivity index (χ1) is 17.7. The van der Waals surface area contributed by atoms with Crippen LogP contribution in [-0.2, 0) is 15.7 Å². The van der Waals surface area contributed by atoms with Gasteiger partial charge in [0.25, 0.3) is 0 Å². The average molecular weight is 513 g/mol. The fourth-order valence-corrected chi connectivity index (χ4v) is 4.06. The molecule has 0 radical (unpaired) electrons. The number of aromatic hydroxyl groups is 1. The number of halogens is 4. The van der Waals surface area contributed by atoms with E-state index < -0.39 is 29.6 Å². The molecule has 0 spiro atoms. The lowest BCUT2D eigenvalue weighted by Crippen LogP contribution is -2.18. The third-order valence-corrected chi connectivity index (χ3v) is 5.86.